The van der Waals surface area contributed by atoms with Crippen LogP contribution in [-0.2, 0) is 0 Å². The fraction of sp³-hybridized carbons (Fsp3) is 0.182. The third-order valence-corrected chi connectivity index (χ3v) is 1.74. The van der Waals surface area contributed by atoms with E-state index < -0.39 is 0 Å². The first kappa shape index (κ1) is 9.65. The highest BCUT2D eigenvalue weighted by molar-refractivity contribution is 5.59. The molecule has 0 unspecified atom stereocenters. The minimum atomic E-state index is 0.790. The number of methoxy groups -OCH3 is 2. The Morgan fingerprint density at radius 1 is 1.23 bits per heavy atom. The van der Waals surface area contributed by atoms with Crippen LogP contribution in [0, 0.1) is 6.92 Å². The van der Waals surface area contributed by atoms with Gasteiger partial charge in [0.15, 0.2) is 0 Å². The maximum absolute atomic E-state index is 5.18. The van der Waals surface area contributed by atoms with Crippen molar-refractivity contribution in [1.82, 2.24) is 0 Å². The first-order valence-corrected chi connectivity index (χ1v) is 3.99. The quantitative estimate of drug-likeness (QED) is 0.706. The Hall–Kier alpha value is -1.44. The zero-order chi connectivity index (χ0) is 9.68. The molecule has 0 N–H and O–H groups in total. The lowest BCUT2D eigenvalue weighted by Crippen LogP contribution is -1.89. The summed E-state index contributed by atoms with van der Waals surface area (Å²) in [4.78, 5) is 0. The van der Waals surface area contributed by atoms with Crippen molar-refractivity contribution in [2.24, 2.45) is 0 Å². The van der Waals surface area contributed by atoms with Crippen molar-refractivity contribution in [2.75, 3.05) is 14.2 Å². The largest absolute Gasteiger partial charge is 0.497 e. The number of hydrogen-bond acceptors (Lipinski definition) is 2. The highest BCUT2D eigenvalue weighted by Gasteiger charge is 2.00. The van der Waals surface area contributed by atoms with Gasteiger partial charge in [-0.2, -0.15) is 0 Å². The van der Waals surface area contributed by atoms with Gasteiger partial charge in [0.1, 0.15) is 11.5 Å². The van der Waals surface area contributed by atoms with Crippen molar-refractivity contribution in [3.8, 4) is 11.5 Å². The zero-order valence-electron chi connectivity index (χ0n) is 7.91. The smallest absolute Gasteiger partial charge is 0.129 e. The molecule has 0 aliphatic rings. The van der Waals surface area contributed by atoms with Crippen LogP contribution in [0.5, 0.6) is 11.5 Å². The molecule has 0 amide bonds. The molecule has 0 aliphatic carbocycles. The molecule has 0 atom stereocenters. The van der Waals surface area contributed by atoms with Crippen molar-refractivity contribution in [1.29, 1.82) is 0 Å². The van der Waals surface area contributed by atoms with Crippen LogP contribution in [0.25, 0.3) is 6.08 Å². The summed E-state index contributed by atoms with van der Waals surface area (Å²) in [6.45, 7) is 3.63. The molecule has 13 heavy (non-hydrogen) atoms. The minimum Gasteiger partial charge on any atom is -0.497 e. The van der Waals surface area contributed by atoms with E-state index in [9.17, 15) is 0 Å². The second-order valence-corrected chi connectivity index (χ2v) is 2.51. The average Bonchev–Trinajstić information content (AvgIpc) is 2.19. The SMILES string of the molecule is [CH2]/C=C/c1ccc(OC)cc1OC. The Bertz CT molecular complexity index is 303. The van der Waals surface area contributed by atoms with Crippen LogP contribution in [0.15, 0.2) is 24.3 Å². The molecule has 0 fully saturated rings. The van der Waals surface area contributed by atoms with Crippen LogP contribution in [-0.4, -0.2) is 14.2 Å². The normalized spacial score (nSPS) is 10.4. The number of allylic oxidation sites excluding steroid dienone is 1. The maximum atomic E-state index is 5.18. The summed E-state index contributed by atoms with van der Waals surface area (Å²) >= 11 is 0. The minimum absolute atomic E-state index is 0.790. The molecule has 0 aliphatic heterocycles. The van der Waals surface area contributed by atoms with Crippen LogP contribution in [0.4, 0.5) is 0 Å². The summed E-state index contributed by atoms with van der Waals surface area (Å²) in [5.74, 6) is 1.58. The highest BCUT2D eigenvalue weighted by atomic mass is 16.5. The Morgan fingerprint density at radius 2 is 2.00 bits per heavy atom. The standard InChI is InChI=1S/C11H13O2/c1-4-5-9-6-7-10(12-2)8-11(9)13-3/h4-8H,1H2,2-3H3/b5-4+. The van der Waals surface area contributed by atoms with E-state index in [-0.39, 0.29) is 0 Å². The van der Waals surface area contributed by atoms with E-state index in [1.807, 2.05) is 24.3 Å². The molecule has 1 rings (SSSR count). The summed E-state index contributed by atoms with van der Waals surface area (Å²) < 4.78 is 10.3. The molecule has 1 aromatic carbocycles. The van der Waals surface area contributed by atoms with Crippen molar-refractivity contribution < 1.29 is 9.47 Å². The highest BCUT2D eigenvalue weighted by Crippen LogP contribution is 2.25. The topological polar surface area (TPSA) is 18.5 Å². The van der Waals surface area contributed by atoms with Crippen LogP contribution < -0.4 is 9.47 Å². The molecule has 0 saturated heterocycles. The number of hydrogen-bond donors (Lipinski definition) is 0. The van der Waals surface area contributed by atoms with Gasteiger partial charge in [-0.3, -0.25) is 0 Å². The lowest BCUT2D eigenvalue weighted by atomic mass is 10.2. The molecule has 0 heterocycles. The maximum Gasteiger partial charge on any atom is 0.129 e. The number of ether oxygens (including phenoxy) is 2. The van der Waals surface area contributed by atoms with Crippen molar-refractivity contribution in [3.05, 3.63) is 36.8 Å². The van der Waals surface area contributed by atoms with Crippen molar-refractivity contribution in [3.63, 3.8) is 0 Å². The predicted octanol–water partition coefficient (Wildman–Crippen LogP) is 2.55. The summed E-state index contributed by atoms with van der Waals surface area (Å²) in [5, 5.41) is 0. The van der Waals surface area contributed by atoms with Gasteiger partial charge in [0.25, 0.3) is 0 Å². The van der Waals surface area contributed by atoms with E-state index in [1.54, 1.807) is 20.3 Å². The van der Waals surface area contributed by atoms with Gasteiger partial charge in [0.05, 0.1) is 14.2 Å². The Labute approximate surface area is 78.8 Å². The van der Waals surface area contributed by atoms with Crippen molar-refractivity contribution >= 4 is 6.08 Å². The molecular formula is C11H13O2. The van der Waals surface area contributed by atoms with Gasteiger partial charge in [-0.25, -0.2) is 0 Å². The van der Waals surface area contributed by atoms with Crippen LogP contribution >= 0.6 is 0 Å². The Kier molecular flexibility index (Phi) is 3.38. The van der Waals surface area contributed by atoms with Gasteiger partial charge in [-0.05, 0) is 19.1 Å². The average molecular weight is 177 g/mol. The van der Waals surface area contributed by atoms with Crippen molar-refractivity contribution in [2.45, 2.75) is 0 Å². The number of rotatable bonds is 3. The second-order valence-electron chi connectivity index (χ2n) is 2.51. The Morgan fingerprint density at radius 3 is 2.54 bits per heavy atom. The van der Waals surface area contributed by atoms with Gasteiger partial charge >= 0.3 is 0 Å². The van der Waals surface area contributed by atoms with Gasteiger partial charge in [-0.15, -0.1) is 0 Å². The zero-order valence-corrected chi connectivity index (χ0v) is 7.91. The van der Waals surface area contributed by atoms with E-state index in [4.69, 9.17) is 9.47 Å². The third-order valence-electron chi connectivity index (χ3n) is 1.74. The van der Waals surface area contributed by atoms with Gasteiger partial charge < -0.3 is 9.47 Å². The molecule has 0 aromatic heterocycles. The first-order valence-electron chi connectivity index (χ1n) is 3.99. The van der Waals surface area contributed by atoms with E-state index in [0.717, 1.165) is 17.1 Å². The molecule has 1 radical (unpaired) electrons. The summed E-state index contributed by atoms with van der Waals surface area (Å²) in [6, 6.07) is 5.66. The summed E-state index contributed by atoms with van der Waals surface area (Å²) in [5.41, 5.74) is 0.998. The molecule has 0 spiro atoms. The first-order chi connectivity index (χ1) is 6.31. The van der Waals surface area contributed by atoms with E-state index in [1.165, 1.54) is 0 Å². The van der Waals surface area contributed by atoms with Gasteiger partial charge in [-0.1, -0.05) is 12.2 Å². The fourth-order valence-electron chi connectivity index (χ4n) is 1.08. The lowest BCUT2D eigenvalue weighted by Gasteiger charge is -2.06. The number of benzene rings is 1. The monoisotopic (exact) mass is 177 g/mol. The van der Waals surface area contributed by atoms with E-state index >= 15 is 0 Å². The van der Waals surface area contributed by atoms with Crippen LogP contribution in [0.2, 0.25) is 0 Å². The molecule has 69 valence electrons. The summed E-state index contributed by atoms with van der Waals surface area (Å²) in [7, 11) is 3.26. The molecule has 2 nitrogen and oxygen atoms in total. The molecule has 0 saturated carbocycles. The van der Waals surface area contributed by atoms with Crippen LogP contribution in [0.1, 0.15) is 5.56 Å². The molecule has 0 bridgehead atoms. The molecule has 2 heteroatoms. The third kappa shape index (κ3) is 2.25. The van der Waals surface area contributed by atoms with Crippen LogP contribution in [0.3, 0.4) is 0 Å². The van der Waals surface area contributed by atoms with E-state index in [0.29, 0.717) is 0 Å². The predicted molar refractivity (Wildman–Crippen MR) is 53.9 cm³/mol. The summed E-state index contributed by atoms with van der Waals surface area (Å²) in [6.07, 6.45) is 3.61. The molecular weight excluding hydrogens is 164 g/mol. The lowest BCUT2D eigenvalue weighted by molar-refractivity contribution is 0.394. The molecule has 1 aromatic rings. The van der Waals surface area contributed by atoms with Gasteiger partial charge in [0.2, 0.25) is 0 Å². The van der Waals surface area contributed by atoms with E-state index in [2.05, 4.69) is 6.92 Å². The van der Waals surface area contributed by atoms with Gasteiger partial charge in [0, 0.05) is 11.6 Å². The Balaban J connectivity index is 3.07. The fourth-order valence-corrected chi connectivity index (χ4v) is 1.08. The second kappa shape index (κ2) is 4.55.